The molecule has 0 aliphatic heterocycles. The van der Waals surface area contributed by atoms with E-state index >= 15 is 0 Å². The number of fused-ring (bicyclic) bond motifs is 6. The van der Waals surface area contributed by atoms with Crippen molar-refractivity contribution in [2.75, 3.05) is 4.90 Å². The maximum Gasteiger partial charge on any atom is 0.0541 e. The topological polar surface area (TPSA) is 8.17 Å². The predicted molar refractivity (Wildman–Crippen MR) is 374 cm³/mol. The maximum absolute atomic E-state index is 2.49. The Labute approximate surface area is 511 Å². The van der Waals surface area contributed by atoms with Gasteiger partial charge in [0.05, 0.1) is 11.0 Å². The van der Waals surface area contributed by atoms with E-state index in [1.807, 2.05) is 0 Å². The Kier molecular flexibility index (Phi) is 14.3. The van der Waals surface area contributed by atoms with Crippen LogP contribution in [-0.4, -0.2) is 4.57 Å². The summed E-state index contributed by atoms with van der Waals surface area (Å²) in [6.07, 6.45) is 29.3. The molecule has 1 aromatic heterocycles. The fourth-order valence-corrected chi connectivity index (χ4v) is 14.3. The van der Waals surface area contributed by atoms with Crippen molar-refractivity contribution in [2.24, 2.45) is 0 Å². The van der Waals surface area contributed by atoms with Crippen molar-refractivity contribution in [2.45, 2.75) is 58.3 Å². The number of anilines is 2. The third-order valence-corrected chi connectivity index (χ3v) is 18.4. The van der Waals surface area contributed by atoms with Gasteiger partial charge in [0.25, 0.3) is 0 Å². The molecule has 418 valence electrons. The fourth-order valence-electron chi connectivity index (χ4n) is 14.3. The lowest BCUT2D eigenvalue weighted by Gasteiger charge is -2.28. The van der Waals surface area contributed by atoms with Crippen LogP contribution >= 0.6 is 0 Å². The highest BCUT2D eigenvalue weighted by atomic mass is 15.1. The van der Waals surface area contributed by atoms with Crippen LogP contribution in [0.1, 0.15) is 80.5 Å². The molecule has 0 bridgehead atoms. The van der Waals surface area contributed by atoms with Crippen LogP contribution in [0.5, 0.6) is 0 Å². The summed E-state index contributed by atoms with van der Waals surface area (Å²) in [6.45, 7) is 4.40. The third-order valence-electron chi connectivity index (χ3n) is 18.4. The van der Waals surface area contributed by atoms with Gasteiger partial charge < -0.3 is 9.47 Å². The molecule has 1 heterocycles. The zero-order valence-electron chi connectivity index (χ0n) is 49.5. The number of benzene rings is 11. The SMILES string of the molecule is C/C=C\C(=C(/CC)c1ccccc1)c1ccc2c(c1)c1cc(C3CC=CC=C3c3ccccc3)ccc1n2-c1ccc(N(C2=CCCC=C2)c2ccc(-c3ccc(-c4c5c(c(-c6cccc7ccccc67)c6ccccc46)=CCCC=5)cc3)cc2)cc1. The summed E-state index contributed by atoms with van der Waals surface area (Å²) in [5.74, 6) is 0.246. The van der Waals surface area contributed by atoms with Crippen LogP contribution in [0, 0.1) is 0 Å². The normalized spacial score (nSPS) is 15.1. The first-order valence-electron chi connectivity index (χ1n) is 31.2. The largest absolute Gasteiger partial charge is 0.311 e. The molecule has 1 unspecified atom stereocenters. The number of hydrogen-bond acceptors (Lipinski definition) is 1. The van der Waals surface area contributed by atoms with Gasteiger partial charge in [-0.15, -0.1) is 0 Å². The molecule has 0 saturated heterocycles. The Morgan fingerprint density at radius 1 is 0.494 bits per heavy atom. The van der Waals surface area contributed by atoms with Crippen molar-refractivity contribution < 1.29 is 0 Å². The Balaban J connectivity index is 0.787. The van der Waals surface area contributed by atoms with Crippen LogP contribution < -0.4 is 15.3 Å². The van der Waals surface area contributed by atoms with Crippen molar-refractivity contribution in [3.8, 4) is 39.1 Å². The molecule has 0 spiro atoms. The molecule has 3 aliphatic rings. The lowest BCUT2D eigenvalue weighted by molar-refractivity contribution is 0.875. The van der Waals surface area contributed by atoms with Gasteiger partial charge in [0, 0.05) is 39.4 Å². The van der Waals surface area contributed by atoms with Crippen LogP contribution in [0.3, 0.4) is 0 Å². The second-order valence-corrected chi connectivity index (χ2v) is 23.4. The standard InChI is InChI=1S/C85H68N2/c1-3-23-71(70(4-2)60-24-8-5-9-25-60)64-46-54-82-80(56-64)81-57-65(74-34-17-16-32-72(74)61-26-10-6-11-27-61)47-55-83(81)87(82)69-52-50-68(51-53-69)86(66-30-12-7-13-31-66)67-48-44-59(45-49-67)58-40-42-63(43-41-58)84-76-35-18-20-37-78(76)85(79-38-21-19-36-77(79)84)75-39-22-29-62-28-14-15-33-73(62)75/h3,5-6,8-12,14-18,20,22-33,35-57,74H,4,7,13,19,21,34H2,1-2H3/b23-3-,71-70-. The maximum atomic E-state index is 2.49. The van der Waals surface area contributed by atoms with Gasteiger partial charge in [0.15, 0.2) is 0 Å². The number of allylic oxidation sites excluding steroid dienone is 11. The van der Waals surface area contributed by atoms with Crippen molar-refractivity contribution in [1.82, 2.24) is 4.57 Å². The summed E-state index contributed by atoms with van der Waals surface area (Å²) in [6, 6.07) is 88.5. The van der Waals surface area contributed by atoms with Crippen LogP contribution in [-0.2, 0) is 0 Å². The molecule has 15 rings (SSSR count). The molecule has 0 saturated carbocycles. The Morgan fingerprint density at radius 2 is 1.10 bits per heavy atom. The smallest absolute Gasteiger partial charge is 0.0541 e. The van der Waals surface area contributed by atoms with Gasteiger partial charge in [-0.3, -0.25) is 0 Å². The van der Waals surface area contributed by atoms with E-state index in [9.17, 15) is 0 Å². The van der Waals surface area contributed by atoms with E-state index in [0.717, 1.165) is 55.6 Å². The lowest BCUT2D eigenvalue weighted by atomic mass is 9.81. The van der Waals surface area contributed by atoms with Crippen LogP contribution in [0.2, 0.25) is 0 Å². The molecule has 0 amide bonds. The van der Waals surface area contributed by atoms with Gasteiger partial charge in [-0.1, -0.05) is 238 Å². The third kappa shape index (κ3) is 9.82. The van der Waals surface area contributed by atoms with Gasteiger partial charge in [-0.05, 0) is 217 Å². The van der Waals surface area contributed by atoms with E-state index in [2.05, 4.69) is 321 Å². The second-order valence-electron chi connectivity index (χ2n) is 23.4. The van der Waals surface area contributed by atoms with E-state index in [4.69, 9.17) is 0 Å². The first kappa shape index (κ1) is 53.4. The molecular formula is C85H68N2. The summed E-state index contributed by atoms with van der Waals surface area (Å²) in [5.41, 5.74) is 23.6. The molecule has 87 heavy (non-hydrogen) atoms. The van der Waals surface area contributed by atoms with Crippen LogP contribution in [0.15, 0.2) is 291 Å². The predicted octanol–water partition coefficient (Wildman–Crippen LogP) is 21.8. The van der Waals surface area contributed by atoms with Crippen LogP contribution in [0.4, 0.5) is 11.4 Å². The molecule has 0 radical (unpaired) electrons. The Bertz CT molecular complexity index is 4940. The average Bonchev–Trinajstić information content (AvgIpc) is 1.90. The van der Waals surface area contributed by atoms with Crippen molar-refractivity contribution >= 4 is 83.6 Å². The number of rotatable bonds is 13. The summed E-state index contributed by atoms with van der Waals surface area (Å²) >= 11 is 0. The first-order chi connectivity index (χ1) is 43.1. The first-order valence-corrected chi connectivity index (χ1v) is 31.2. The second kappa shape index (κ2) is 23.3. The zero-order valence-corrected chi connectivity index (χ0v) is 49.5. The van der Waals surface area contributed by atoms with Crippen molar-refractivity contribution in [3.05, 3.63) is 324 Å². The van der Waals surface area contributed by atoms with E-state index in [1.165, 1.54) is 132 Å². The zero-order chi connectivity index (χ0) is 58.2. The van der Waals surface area contributed by atoms with E-state index in [0.29, 0.717) is 0 Å². The molecule has 2 heteroatoms. The molecule has 12 aromatic rings. The quantitative estimate of drug-likeness (QED) is 0.0825. The molecule has 3 aliphatic carbocycles. The van der Waals surface area contributed by atoms with Gasteiger partial charge in [0.2, 0.25) is 0 Å². The summed E-state index contributed by atoms with van der Waals surface area (Å²) in [7, 11) is 0. The minimum atomic E-state index is 0.246. The highest BCUT2D eigenvalue weighted by Gasteiger charge is 2.24. The van der Waals surface area contributed by atoms with E-state index < -0.39 is 0 Å². The highest BCUT2D eigenvalue weighted by Crippen LogP contribution is 2.44. The van der Waals surface area contributed by atoms with E-state index in [-0.39, 0.29) is 5.92 Å². The number of hydrogen-bond donors (Lipinski definition) is 0. The van der Waals surface area contributed by atoms with Gasteiger partial charge in [-0.25, -0.2) is 0 Å². The van der Waals surface area contributed by atoms with E-state index in [1.54, 1.807) is 0 Å². The van der Waals surface area contributed by atoms with Crippen LogP contribution in [0.25, 0.3) is 111 Å². The van der Waals surface area contributed by atoms with Gasteiger partial charge in [0.1, 0.15) is 0 Å². The Hall–Kier alpha value is -10.3. The molecule has 11 aromatic carbocycles. The summed E-state index contributed by atoms with van der Waals surface area (Å²) in [4.78, 5) is 2.42. The summed E-state index contributed by atoms with van der Waals surface area (Å²) < 4.78 is 2.48. The minimum absolute atomic E-state index is 0.246. The summed E-state index contributed by atoms with van der Waals surface area (Å²) in [5, 5.41) is 10.4. The Morgan fingerprint density at radius 3 is 1.82 bits per heavy atom. The van der Waals surface area contributed by atoms with Gasteiger partial charge >= 0.3 is 0 Å². The molecule has 0 N–H and O–H groups in total. The number of nitrogens with zero attached hydrogens (tertiary/aromatic N) is 2. The monoisotopic (exact) mass is 1120 g/mol. The minimum Gasteiger partial charge on any atom is -0.311 e. The number of aromatic nitrogens is 1. The van der Waals surface area contributed by atoms with Crippen molar-refractivity contribution in [3.63, 3.8) is 0 Å². The highest BCUT2D eigenvalue weighted by molar-refractivity contribution is 6.13. The fraction of sp³-hybridized carbons (Fsp3) is 0.106. The lowest BCUT2D eigenvalue weighted by Crippen LogP contribution is -2.31. The molecular weight excluding hydrogens is 1050 g/mol. The molecule has 2 nitrogen and oxygen atoms in total. The van der Waals surface area contributed by atoms with Crippen molar-refractivity contribution in [1.29, 1.82) is 0 Å². The average molecular weight is 1120 g/mol. The van der Waals surface area contributed by atoms with Gasteiger partial charge in [-0.2, -0.15) is 0 Å². The molecule has 0 fully saturated rings. The molecule has 1 atom stereocenters.